The number of aromatic carboxylic acids is 1. The van der Waals surface area contributed by atoms with Gasteiger partial charge in [0.2, 0.25) is 0 Å². The molecule has 3 aromatic rings. The van der Waals surface area contributed by atoms with Gasteiger partial charge >= 0.3 is 5.97 Å². The minimum atomic E-state index is -0.943. The molecule has 0 fully saturated rings. The van der Waals surface area contributed by atoms with E-state index >= 15 is 0 Å². The summed E-state index contributed by atoms with van der Waals surface area (Å²) in [6.07, 6.45) is 0. The average molecular weight is 273 g/mol. The molecule has 0 aliphatic rings. The van der Waals surface area contributed by atoms with E-state index in [9.17, 15) is 4.79 Å². The molecule has 1 aromatic carbocycles. The van der Waals surface area contributed by atoms with Crippen LogP contribution < -0.4 is 0 Å². The molecule has 96 valence electrons. The van der Waals surface area contributed by atoms with Crippen LogP contribution in [0.5, 0.6) is 0 Å². The number of benzene rings is 1. The Kier molecular flexibility index (Phi) is 2.79. The maximum atomic E-state index is 11.0. The second kappa shape index (κ2) is 4.47. The Balaban J connectivity index is 2.03. The third-order valence-electron chi connectivity index (χ3n) is 2.86. The highest BCUT2D eigenvalue weighted by Gasteiger charge is 2.10. The summed E-state index contributed by atoms with van der Waals surface area (Å²) in [5.74, 6) is -0.943. The van der Waals surface area contributed by atoms with Gasteiger partial charge in [0, 0.05) is 9.75 Å². The third-order valence-corrected chi connectivity index (χ3v) is 3.85. The lowest BCUT2D eigenvalue weighted by Gasteiger charge is -2.00. The predicted molar refractivity (Wildman–Crippen MR) is 72.6 cm³/mol. The second-order valence-corrected chi connectivity index (χ2v) is 5.64. The summed E-state index contributed by atoms with van der Waals surface area (Å²) in [4.78, 5) is 13.4. The number of hydrogen-bond donors (Lipinski definition) is 1. The number of hydrogen-bond acceptors (Lipinski definition) is 4. The molecule has 2 aromatic heterocycles. The number of nitrogens with zero attached hydrogens (tertiary/aromatic N) is 3. The summed E-state index contributed by atoms with van der Waals surface area (Å²) >= 11 is 1.70. The van der Waals surface area contributed by atoms with Crippen molar-refractivity contribution < 1.29 is 9.90 Å². The van der Waals surface area contributed by atoms with Crippen LogP contribution in [0.15, 0.2) is 30.3 Å². The van der Waals surface area contributed by atoms with Gasteiger partial charge in [-0.25, -0.2) is 9.48 Å². The van der Waals surface area contributed by atoms with Gasteiger partial charge in [0.15, 0.2) is 0 Å². The molecular formula is C13H11N3O2S. The monoisotopic (exact) mass is 273 g/mol. The van der Waals surface area contributed by atoms with Crippen LogP contribution in [0.1, 0.15) is 20.1 Å². The zero-order valence-corrected chi connectivity index (χ0v) is 11.0. The van der Waals surface area contributed by atoms with Crippen molar-refractivity contribution >= 4 is 28.3 Å². The van der Waals surface area contributed by atoms with E-state index in [0.29, 0.717) is 12.1 Å². The van der Waals surface area contributed by atoms with E-state index in [-0.39, 0.29) is 5.56 Å². The van der Waals surface area contributed by atoms with Gasteiger partial charge in [-0.05, 0) is 37.3 Å². The molecule has 2 heterocycles. The summed E-state index contributed by atoms with van der Waals surface area (Å²) in [6.45, 7) is 2.66. The van der Waals surface area contributed by atoms with Gasteiger partial charge < -0.3 is 5.11 Å². The summed E-state index contributed by atoms with van der Waals surface area (Å²) < 4.78 is 1.73. The normalized spacial score (nSPS) is 11.0. The standard InChI is InChI=1S/C13H11N3O2S/c1-8-2-4-10(19-8)7-16-12-6-9(13(17)18)3-5-11(12)14-15-16/h2-6H,7H2,1H3,(H,17,18). The second-order valence-electron chi connectivity index (χ2n) is 4.27. The van der Waals surface area contributed by atoms with Crippen LogP contribution in [0.4, 0.5) is 0 Å². The molecule has 0 amide bonds. The number of thiophene rings is 1. The molecule has 0 unspecified atom stereocenters. The SMILES string of the molecule is Cc1ccc(Cn2nnc3ccc(C(=O)O)cc32)s1. The van der Waals surface area contributed by atoms with Crippen molar-refractivity contribution in [1.29, 1.82) is 0 Å². The van der Waals surface area contributed by atoms with E-state index in [1.807, 2.05) is 0 Å². The van der Waals surface area contributed by atoms with Crippen molar-refractivity contribution in [3.05, 3.63) is 45.6 Å². The molecule has 0 spiro atoms. The van der Waals surface area contributed by atoms with Crippen LogP contribution in [0.3, 0.4) is 0 Å². The first-order valence-electron chi connectivity index (χ1n) is 5.75. The van der Waals surface area contributed by atoms with Crippen LogP contribution in [0, 0.1) is 6.92 Å². The molecule has 19 heavy (non-hydrogen) atoms. The molecule has 0 aliphatic heterocycles. The minimum absolute atomic E-state index is 0.249. The van der Waals surface area contributed by atoms with Crippen molar-refractivity contribution in [3.8, 4) is 0 Å². The van der Waals surface area contributed by atoms with Crippen LogP contribution >= 0.6 is 11.3 Å². The van der Waals surface area contributed by atoms with Crippen molar-refractivity contribution in [3.63, 3.8) is 0 Å². The van der Waals surface area contributed by atoms with Crippen LogP contribution in [-0.4, -0.2) is 26.1 Å². The number of carboxylic acids is 1. The van der Waals surface area contributed by atoms with Gasteiger partial charge in [0.05, 0.1) is 17.6 Å². The summed E-state index contributed by atoms with van der Waals surface area (Å²) in [5, 5.41) is 17.1. The van der Waals surface area contributed by atoms with Gasteiger partial charge in [-0.1, -0.05) is 5.21 Å². The van der Waals surface area contributed by atoms with E-state index in [1.54, 1.807) is 34.2 Å². The lowest BCUT2D eigenvalue weighted by Crippen LogP contribution is -2.01. The summed E-state index contributed by atoms with van der Waals surface area (Å²) in [7, 11) is 0. The lowest BCUT2D eigenvalue weighted by atomic mass is 10.2. The Morgan fingerprint density at radius 3 is 2.89 bits per heavy atom. The number of aryl methyl sites for hydroxylation is 1. The molecular weight excluding hydrogens is 262 g/mol. The van der Waals surface area contributed by atoms with Crippen LogP contribution in [-0.2, 0) is 6.54 Å². The predicted octanol–water partition coefficient (Wildman–Crippen LogP) is 2.55. The molecule has 0 saturated carbocycles. The Bertz CT molecular complexity index is 760. The first kappa shape index (κ1) is 11.9. The number of carboxylic acid groups (broad SMARTS) is 1. The van der Waals surface area contributed by atoms with Crippen LogP contribution in [0.25, 0.3) is 11.0 Å². The average Bonchev–Trinajstić information content (AvgIpc) is 2.96. The zero-order chi connectivity index (χ0) is 13.4. The lowest BCUT2D eigenvalue weighted by molar-refractivity contribution is 0.0697. The summed E-state index contributed by atoms with van der Waals surface area (Å²) in [5.41, 5.74) is 1.70. The molecule has 1 N–H and O–H groups in total. The summed E-state index contributed by atoms with van der Waals surface area (Å²) in [6, 6.07) is 8.94. The molecule has 0 radical (unpaired) electrons. The van der Waals surface area contributed by atoms with Gasteiger partial charge in [-0.2, -0.15) is 0 Å². The topological polar surface area (TPSA) is 68.0 Å². The molecule has 0 saturated heterocycles. The van der Waals surface area contributed by atoms with Crippen LogP contribution in [0.2, 0.25) is 0 Å². The van der Waals surface area contributed by atoms with E-state index in [2.05, 4.69) is 29.4 Å². The fraction of sp³-hybridized carbons (Fsp3) is 0.154. The molecule has 0 aliphatic carbocycles. The Hall–Kier alpha value is -2.21. The highest BCUT2D eigenvalue weighted by atomic mass is 32.1. The maximum Gasteiger partial charge on any atom is 0.335 e. The molecule has 6 heteroatoms. The van der Waals surface area contributed by atoms with E-state index in [0.717, 1.165) is 5.52 Å². The largest absolute Gasteiger partial charge is 0.478 e. The highest BCUT2D eigenvalue weighted by molar-refractivity contribution is 7.11. The molecule has 3 rings (SSSR count). The number of rotatable bonds is 3. The van der Waals surface area contributed by atoms with Crippen molar-refractivity contribution in [2.75, 3.05) is 0 Å². The van der Waals surface area contributed by atoms with Gasteiger partial charge in [0.1, 0.15) is 5.52 Å². The van der Waals surface area contributed by atoms with Crippen molar-refractivity contribution in [1.82, 2.24) is 15.0 Å². The number of carbonyl (C=O) groups is 1. The van der Waals surface area contributed by atoms with Crippen molar-refractivity contribution in [2.24, 2.45) is 0 Å². The Labute approximate surface area is 113 Å². The van der Waals surface area contributed by atoms with Crippen molar-refractivity contribution in [2.45, 2.75) is 13.5 Å². The zero-order valence-electron chi connectivity index (χ0n) is 10.2. The Morgan fingerprint density at radius 2 is 2.21 bits per heavy atom. The van der Waals surface area contributed by atoms with E-state index in [1.165, 1.54) is 9.75 Å². The fourth-order valence-corrected chi connectivity index (χ4v) is 2.81. The highest BCUT2D eigenvalue weighted by Crippen LogP contribution is 2.19. The number of fused-ring (bicyclic) bond motifs is 1. The van der Waals surface area contributed by atoms with E-state index < -0.39 is 5.97 Å². The first-order valence-corrected chi connectivity index (χ1v) is 6.57. The van der Waals surface area contributed by atoms with Gasteiger partial charge in [0.25, 0.3) is 0 Å². The maximum absolute atomic E-state index is 11.0. The number of aromatic nitrogens is 3. The van der Waals surface area contributed by atoms with Gasteiger partial charge in [-0.3, -0.25) is 0 Å². The Morgan fingerprint density at radius 1 is 1.37 bits per heavy atom. The first-order chi connectivity index (χ1) is 9.13. The molecule has 0 atom stereocenters. The van der Waals surface area contributed by atoms with E-state index in [4.69, 9.17) is 5.11 Å². The molecule has 0 bridgehead atoms. The third kappa shape index (κ3) is 2.22. The fourth-order valence-electron chi connectivity index (χ4n) is 1.93. The van der Waals surface area contributed by atoms with Gasteiger partial charge in [-0.15, -0.1) is 16.4 Å². The quantitative estimate of drug-likeness (QED) is 0.796. The molecule has 5 nitrogen and oxygen atoms in total. The smallest absolute Gasteiger partial charge is 0.335 e. The minimum Gasteiger partial charge on any atom is -0.478 e.